The quantitative estimate of drug-likeness (QED) is 0.822. The molecule has 0 fully saturated rings. The third-order valence-corrected chi connectivity index (χ3v) is 3.95. The van der Waals surface area contributed by atoms with Crippen molar-refractivity contribution in [3.63, 3.8) is 0 Å². The SMILES string of the molecule is CCOCCCc1nc2ccc(S(C)(=O)=O)cc2[nH]1. The lowest BCUT2D eigenvalue weighted by Crippen LogP contribution is -1.97. The van der Waals surface area contributed by atoms with E-state index in [2.05, 4.69) is 9.97 Å². The topological polar surface area (TPSA) is 72.0 Å². The van der Waals surface area contributed by atoms with Gasteiger partial charge in [0.1, 0.15) is 5.82 Å². The summed E-state index contributed by atoms with van der Waals surface area (Å²) in [4.78, 5) is 7.89. The Kier molecular flexibility index (Phi) is 4.21. The van der Waals surface area contributed by atoms with Crippen LogP contribution in [-0.2, 0) is 21.0 Å². The molecular formula is C13H18N2O3S. The van der Waals surface area contributed by atoms with Gasteiger partial charge in [0.2, 0.25) is 0 Å². The molecule has 0 aliphatic heterocycles. The van der Waals surface area contributed by atoms with Gasteiger partial charge in [0.15, 0.2) is 9.84 Å². The van der Waals surface area contributed by atoms with Crippen LogP contribution < -0.4 is 0 Å². The van der Waals surface area contributed by atoms with Crippen LogP contribution in [-0.4, -0.2) is 37.9 Å². The van der Waals surface area contributed by atoms with Crippen molar-refractivity contribution >= 4 is 20.9 Å². The van der Waals surface area contributed by atoms with Crippen molar-refractivity contribution < 1.29 is 13.2 Å². The number of benzene rings is 1. The van der Waals surface area contributed by atoms with Crippen LogP contribution in [0.1, 0.15) is 19.2 Å². The van der Waals surface area contributed by atoms with Crippen LogP contribution >= 0.6 is 0 Å². The van der Waals surface area contributed by atoms with Crippen molar-refractivity contribution in [1.29, 1.82) is 0 Å². The van der Waals surface area contributed by atoms with Gasteiger partial charge in [-0.05, 0) is 31.5 Å². The standard InChI is InChI=1S/C13H18N2O3S/c1-3-18-8-4-5-13-14-11-7-6-10(19(2,16)17)9-12(11)15-13/h6-7,9H,3-5,8H2,1-2H3,(H,14,15). The van der Waals surface area contributed by atoms with E-state index in [0.29, 0.717) is 11.5 Å². The fraction of sp³-hybridized carbons (Fsp3) is 0.462. The number of H-pyrrole nitrogens is 1. The third-order valence-electron chi connectivity index (χ3n) is 2.84. The van der Waals surface area contributed by atoms with E-state index < -0.39 is 9.84 Å². The second-order valence-electron chi connectivity index (χ2n) is 4.44. The highest BCUT2D eigenvalue weighted by Crippen LogP contribution is 2.17. The summed E-state index contributed by atoms with van der Waals surface area (Å²) in [7, 11) is -3.18. The Bertz CT molecular complexity index is 662. The van der Waals surface area contributed by atoms with E-state index in [1.165, 1.54) is 6.26 Å². The van der Waals surface area contributed by atoms with E-state index in [1.807, 2.05) is 6.92 Å². The van der Waals surface area contributed by atoms with Crippen molar-refractivity contribution in [1.82, 2.24) is 9.97 Å². The van der Waals surface area contributed by atoms with Crippen LogP contribution in [0.5, 0.6) is 0 Å². The number of hydrogen-bond acceptors (Lipinski definition) is 4. The number of hydrogen-bond donors (Lipinski definition) is 1. The molecule has 0 spiro atoms. The summed E-state index contributed by atoms with van der Waals surface area (Å²) in [5.41, 5.74) is 1.55. The molecule has 1 N–H and O–H groups in total. The van der Waals surface area contributed by atoms with Gasteiger partial charge >= 0.3 is 0 Å². The maximum Gasteiger partial charge on any atom is 0.175 e. The maximum absolute atomic E-state index is 11.5. The first kappa shape index (κ1) is 14.0. The lowest BCUT2D eigenvalue weighted by atomic mass is 10.3. The van der Waals surface area contributed by atoms with Crippen LogP contribution in [0, 0.1) is 0 Å². The van der Waals surface area contributed by atoms with Gasteiger partial charge in [-0.3, -0.25) is 0 Å². The number of nitrogens with one attached hydrogen (secondary N) is 1. The molecule has 19 heavy (non-hydrogen) atoms. The Labute approximate surface area is 112 Å². The van der Waals surface area contributed by atoms with Crippen molar-refractivity contribution in [2.24, 2.45) is 0 Å². The minimum Gasteiger partial charge on any atom is -0.382 e. The van der Waals surface area contributed by atoms with Gasteiger partial charge in [0.25, 0.3) is 0 Å². The molecule has 0 aliphatic rings. The highest BCUT2D eigenvalue weighted by Gasteiger charge is 2.10. The van der Waals surface area contributed by atoms with Gasteiger partial charge in [-0.2, -0.15) is 0 Å². The van der Waals surface area contributed by atoms with E-state index in [0.717, 1.165) is 36.3 Å². The largest absolute Gasteiger partial charge is 0.382 e. The normalized spacial score (nSPS) is 12.1. The first-order valence-corrected chi connectivity index (χ1v) is 8.16. The summed E-state index contributed by atoms with van der Waals surface area (Å²) in [6, 6.07) is 4.94. The van der Waals surface area contributed by atoms with Gasteiger partial charge in [-0.25, -0.2) is 13.4 Å². The number of imidazole rings is 1. The van der Waals surface area contributed by atoms with Crippen molar-refractivity contribution in [3.05, 3.63) is 24.0 Å². The van der Waals surface area contributed by atoms with Gasteiger partial charge in [-0.15, -0.1) is 0 Å². The zero-order valence-electron chi connectivity index (χ0n) is 11.1. The van der Waals surface area contributed by atoms with Gasteiger partial charge in [0, 0.05) is 25.9 Å². The molecule has 104 valence electrons. The molecule has 0 atom stereocenters. The molecule has 1 aromatic heterocycles. The average molecular weight is 282 g/mol. The predicted molar refractivity (Wildman–Crippen MR) is 74.0 cm³/mol. The molecule has 2 rings (SSSR count). The lowest BCUT2D eigenvalue weighted by Gasteiger charge is -1.98. The number of nitrogens with zero attached hydrogens (tertiary/aromatic N) is 1. The Balaban J connectivity index is 2.17. The number of sulfone groups is 1. The second kappa shape index (κ2) is 5.71. The van der Waals surface area contributed by atoms with Gasteiger partial charge in [0.05, 0.1) is 15.9 Å². The van der Waals surface area contributed by atoms with Crippen molar-refractivity contribution in [2.75, 3.05) is 19.5 Å². The zero-order chi connectivity index (χ0) is 13.9. The zero-order valence-corrected chi connectivity index (χ0v) is 12.0. The van der Waals surface area contributed by atoms with Gasteiger partial charge < -0.3 is 9.72 Å². The number of fused-ring (bicyclic) bond motifs is 1. The number of rotatable bonds is 6. The van der Waals surface area contributed by atoms with Gasteiger partial charge in [-0.1, -0.05) is 0 Å². The third kappa shape index (κ3) is 3.54. The molecule has 5 nitrogen and oxygen atoms in total. The molecule has 0 amide bonds. The Hall–Kier alpha value is -1.40. The molecule has 1 heterocycles. The number of aryl methyl sites for hydroxylation is 1. The molecule has 0 aliphatic carbocycles. The maximum atomic E-state index is 11.5. The highest BCUT2D eigenvalue weighted by atomic mass is 32.2. The Morgan fingerprint density at radius 1 is 1.37 bits per heavy atom. The molecule has 0 bridgehead atoms. The van der Waals surface area contributed by atoms with Crippen LogP contribution in [0.2, 0.25) is 0 Å². The van der Waals surface area contributed by atoms with Crippen molar-refractivity contribution in [2.45, 2.75) is 24.7 Å². The van der Waals surface area contributed by atoms with Crippen LogP contribution in [0.4, 0.5) is 0 Å². The summed E-state index contributed by atoms with van der Waals surface area (Å²) in [5.74, 6) is 0.861. The molecule has 0 saturated heterocycles. The summed E-state index contributed by atoms with van der Waals surface area (Å²) in [5, 5.41) is 0. The Morgan fingerprint density at radius 3 is 2.84 bits per heavy atom. The average Bonchev–Trinajstić information content (AvgIpc) is 2.75. The summed E-state index contributed by atoms with van der Waals surface area (Å²) in [6.07, 6.45) is 2.89. The van der Waals surface area contributed by atoms with E-state index >= 15 is 0 Å². The highest BCUT2D eigenvalue weighted by molar-refractivity contribution is 7.90. The monoisotopic (exact) mass is 282 g/mol. The number of ether oxygens (including phenoxy) is 1. The molecular weight excluding hydrogens is 264 g/mol. The second-order valence-corrected chi connectivity index (χ2v) is 6.45. The molecule has 0 radical (unpaired) electrons. The van der Waals surface area contributed by atoms with Crippen LogP contribution in [0.25, 0.3) is 11.0 Å². The smallest absolute Gasteiger partial charge is 0.175 e. The molecule has 2 aromatic rings. The summed E-state index contributed by atoms with van der Waals surface area (Å²) >= 11 is 0. The minimum atomic E-state index is -3.18. The summed E-state index contributed by atoms with van der Waals surface area (Å²) in [6.45, 7) is 3.40. The minimum absolute atomic E-state index is 0.310. The number of aromatic amines is 1. The predicted octanol–water partition coefficient (Wildman–Crippen LogP) is 1.94. The fourth-order valence-electron chi connectivity index (χ4n) is 1.88. The van der Waals surface area contributed by atoms with E-state index in [4.69, 9.17) is 4.74 Å². The fourth-order valence-corrected chi connectivity index (χ4v) is 2.52. The van der Waals surface area contributed by atoms with Crippen LogP contribution in [0.3, 0.4) is 0 Å². The first-order valence-electron chi connectivity index (χ1n) is 6.27. The van der Waals surface area contributed by atoms with Crippen LogP contribution in [0.15, 0.2) is 23.1 Å². The number of aromatic nitrogens is 2. The Morgan fingerprint density at radius 2 is 2.16 bits per heavy atom. The van der Waals surface area contributed by atoms with E-state index in [9.17, 15) is 8.42 Å². The van der Waals surface area contributed by atoms with E-state index in [-0.39, 0.29) is 0 Å². The lowest BCUT2D eigenvalue weighted by molar-refractivity contribution is 0.145. The molecule has 6 heteroatoms. The van der Waals surface area contributed by atoms with Crippen molar-refractivity contribution in [3.8, 4) is 0 Å². The first-order chi connectivity index (χ1) is 9.00. The molecule has 0 unspecified atom stereocenters. The molecule has 0 saturated carbocycles. The molecule has 1 aromatic carbocycles. The summed E-state index contributed by atoms with van der Waals surface area (Å²) < 4.78 is 28.2. The van der Waals surface area contributed by atoms with E-state index in [1.54, 1.807) is 18.2 Å².